The van der Waals surface area contributed by atoms with Gasteiger partial charge in [-0.3, -0.25) is 4.79 Å². The molecule has 126 valence electrons. The number of nitrogens with zero attached hydrogens (tertiary/aromatic N) is 1. The van der Waals surface area contributed by atoms with E-state index in [1.54, 1.807) is 0 Å². The van der Waals surface area contributed by atoms with Crippen molar-refractivity contribution in [2.24, 2.45) is 0 Å². The van der Waals surface area contributed by atoms with Gasteiger partial charge in [-0.2, -0.15) is 0 Å². The molecule has 0 saturated heterocycles. The standard InChI is InChI=1S/C20H24N2O2/c1-4-14(3)22-19(15-10-12-16(13-11-15)24-5-2)21-18-9-7-6-8-17(18)20(22)23/h6-14,19,21H,4-5H2,1-3H3/t14-,19-/m1/s1. The predicted molar refractivity (Wildman–Crippen MR) is 96.3 cm³/mol. The zero-order chi connectivity index (χ0) is 17.1. The van der Waals surface area contributed by atoms with Gasteiger partial charge in [0, 0.05) is 11.7 Å². The van der Waals surface area contributed by atoms with Crippen molar-refractivity contribution in [1.29, 1.82) is 0 Å². The van der Waals surface area contributed by atoms with Gasteiger partial charge in [0.05, 0.1) is 12.2 Å². The Morgan fingerprint density at radius 2 is 1.83 bits per heavy atom. The van der Waals surface area contributed by atoms with Crippen molar-refractivity contribution in [1.82, 2.24) is 4.90 Å². The number of rotatable bonds is 5. The van der Waals surface area contributed by atoms with Crippen molar-refractivity contribution in [2.75, 3.05) is 11.9 Å². The van der Waals surface area contributed by atoms with Crippen LogP contribution in [0.4, 0.5) is 5.69 Å². The molecule has 24 heavy (non-hydrogen) atoms. The van der Waals surface area contributed by atoms with Crippen molar-refractivity contribution < 1.29 is 9.53 Å². The summed E-state index contributed by atoms with van der Waals surface area (Å²) in [6.07, 6.45) is 0.737. The van der Waals surface area contributed by atoms with Gasteiger partial charge in [0.25, 0.3) is 5.91 Å². The molecular weight excluding hydrogens is 300 g/mol. The van der Waals surface area contributed by atoms with Gasteiger partial charge in [-0.1, -0.05) is 31.2 Å². The van der Waals surface area contributed by atoms with Gasteiger partial charge in [0.15, 0.2) is 0 Å². The van der Waals surface area contributed by atoms with E-state index in [2.05, 4.69) is 19.2 Å². The second kappa shape index (κ2) is 6.95. The van der Waals surface area contributed by atoms with E-state index in [1.807, 2.05) is 60.4 Å². The molecule has 2 aromatic rings. The molecule has 0 saturated carbocycles. The molecule has 2 aromatic carbocycles. The van der Waals surface area contributed by atoms with Crippen molar-refractivity contribution in [3.8, 4) is 5.75 Å². The highest BCUT2D eigenvalue weighted by atomic mass is 16.5. The lowest BCUT2D eigenvalue weighted by Gasteiger charge is -2.41. The fourth-order valence-corrected chi connectivity index (χ4v) is 3.08. The van der Waals surface area contributed by atoms with Crippen LogP contribution in [-0.4, -0.2) is 23.5 Å². The minimum Gasteiger partial charge on any atom is -0.494 e. The highest BCUT2D eigenvalue weighted by Crippen LogP contribution is 2.35. The summed E-state index contributed by atoms with van der Waals surface area (Å²) < 4.78 is 5.52. The number of ether oxygens (including phenoxy) is 1. The predicted octanol–water partition coefficient (Wildman–Crippen LogP) is 4.45. The van der Waals surface area contributed by atoms with Gasteiger partial charge in [-0.25, -0.2) is 0 Å². The summed E-state index contributed by atoms with van der Waals surface area (Å²) in [7, 11) is 0. The third-order valence-electron chi connectivity index (χ3n) is 4.53. The molecule has 3 rings (SSSR count). The molecule has 1 amide bonds. The minimum atomic E-state index is -0.168. The van der Waals surface area contributed by atoms with Crippen molar-refractivity contribution >= 4 is 11.6 Å². The number of benzene rings is 2. The van der Waals surface area contributed by atoms with Crippen LogP contribution in [0.15, 0.2) is 48.5 Å². The topological polar surface area (TPSA) is 41.6 Å². The second-order valence-electron chi connectivity index (χ2n) is 6.06. The number of hydrogen-bond acceptors (Lipinski definition) is 3. The Morgan fingerprint density at radius 3 is 2.50 bits per heavy atom. The summed E-state index contributed by atoms with van der Waals surface area (Å²) in [5.41, 5.74) is 2.68. The van der Waals surface area contributed by atoms with Gasteiger partial charge in [-0.15, -0.1) is 0 Å². The number of para-hydroxylation sites is 1. The maximum absolute atomic E-state index is 13.0. The molecular formula is C20H24N2O2. The fourth-order valence-electron chi connectivity index (χ4n) is 3.08. The summed E-state index contributed by atoms with van der Waals surface area (Å²) >= 11 is 0. The average molecular weight is 324 g/mol. The lowest BCUT2D eigenvalue weighted by molar-refractivity contribution is 0.0593. The molecule has 0 aliphatic carbocycles. The van der Waals surface area contributed by atoms with Crippen LogP contribution < -0.4 is 10.1 Å². The van der Waals surface area contributed by atoms with Gasteiger partial charge in [-0.05, 0) is 50.1 Å². The SMILES string of the molecule is CCOc1ccc([C@@H]2Nc3ccccc3C(=O)N2[C@H](C)CC)cc1. The first-order valence-corrected chi connectivity index (χ1v) is 8.56. The average Bonchev–Trinajstić information content (AvgIpc) is 2.62. The maximum atomic E-state index is 13.0. The van der Waals surface area contributed by atoms with E-state index in [0.717, 1.165) is 29.0 Å². The normalized spacial score (nSPS) is 17.9. The molecule has 0 unspecified atom stereocenters. The highest BCUT2D eigenvalue weighted by molar-refractivity contribution is 6.01. The summed E-state index contributed by atoms with van der Waals surface area (Å²) in [5.74, 6) is 0.927. The lowest BCUT2D eigenvalue weighted by atomic mass is 10.0. The summed E-state index contributed by atoms with van der Waals surface area (Å²) in [4.78, 5) is 15.0. The van der Waals surface area contributed by atoms with Crippen molar-refractivity contribution in [3.05, 3.63) is 59.7 Å². The van der Waals surface area contributed by atoms with Gasteiger partial charge >= 0.3 is 0 Å². The van der Waals surface area contributed by atoms with Gasteiger partial charge in [0.1, 0.15) is 11.9 Å². The van der Waals surface area contributed by atoms with Crippen LogP contribution in [0, 0.1) is 0 Å². The molecule has 1 aliphatic rings. The molecule has 4 heteroatoms. The Balaban J connectivity index is 1.99. The third kappa shape index (κ3) is 2.96. The number of carbonyl (C=O) groups excluding carboxylic acids is 1. The van der Waals surface area contributed by atoms with Crippen LogP contribution in [0.5, 0.6) is 5.75 Å². The Labute approximate surface area is 143 Å². The van der Waals surface area contributed by atoms with Crippen molar-refractivity contribution in [3.63, 3.8) is 0 Å². The molecule has 4 nitrogen and oxygen atoms in total. The number of anilines is 1. The Hall–Kier alpha value is -2.49. The van der Waals surface area contributed by atoms with E-state index in [0.29, 0.717) is 6.61 Å². The van der Waals surface area contributed by atoms with Crippen LogP contribution in [0.2, 0.25) is 0 Å². The van der Waals surface area contributed by atoms with E-state index in [-0.39, 0.29) is 18.1 Å². The Bertz CT molecular complexity index is 712. The molecule has 0 radical (unpaired) electrons. The number of amides is 1. The minimum absolute atomic E-state index is 0.0811. The smallest absolute Gasteiger partial charge is 0.258 e. The number of nitrogens with one attached hydrogen (secondary N) is 1. The van der Waals surface area contributed by atoms with Gasteiger partial charge < -0.3 is 15.0 Å². The highest BCUT2D eigenvalue weighted by Gasteiger charge is 2.35. The first kappa shape index (κ1) is 16.4. The molecule has 1 N–H and O–H groups in total. The molecule has 0 bridgehead atoms. The summed E-state index contributed by atoms with van der Waals surface area (Å²) in [5, 5.41) is 3.52. The molecule has 0 aromatic heterocycles. The Morgan fingerprint density at radius 1 is 1.12 bits per heavy atom. The molecule has 2 atom stereocenters. The lowest BCUT2D eigenvalue weighted by Crippen LogP contribution is -2.47. The maximum Gasteiger partial charge on any atom is 0.258 e. The number of carbonyl (C=O) groups is 1. The van der Waals surface area contributed by atoms with E-state index >= 15 is 0 Å². The quantitative estimate of drug-likeness (QED) is 0.883. The third-order valence-corrected chi connectivity index (χ3v) is 4.53. The van der Waals surface area contributed by atoms with Crippen LogP contribution in [-0.2, 0) is 0 Å². The van der Waals surface area contributed by atoms with E-state index < -0.39 is 0 Å². The van der Waals surface area contributed by atoms with E-state index in [4.69, 9.17) is 4.74 Å². The van der Waals surface area contributed by atoms with Crippen LogP contribution in [0.25, 0.3) is 0 Å². The van der Waals surface area contributed by atoms with E-state index in [9.17, 15) is 4.79 Å². The molecule has 1 aliphatic heterocycles. The zero-order valence-electron chi connectivity index (χ0n) is 14.5. The van der Waals surface area contributed by atoms with Crippen LogP contribution in [0.1, 0.15) is 49.3 Å². The van der Waals surface area contributed by atoms with Crippen LogP contribution >= 0.6 is 0 Å². The van der Waals surface area contributed by atoms with Crippen LogP contribution in [0.3, 0.4) is 0 Å². The number of hydrogen-bond donors (Lipinski definition) is 1. The molecule has 0 spiro atoms. The summed E-state index contributed by atoms with van der Waals surface area (Å²) in [6, 6.07) is 15.8. The molecule has 0 fully saturated rings. The molecule has 1 heterocycles. The first-order chi connectivity index (χ1) is 11.7. The monoisotopic (exact) mass is 324 g/mol. The largest absolute Gasteiger partial charge is 0.494 e. The zero-order valence-corrected chi connectivity index (χ0v) is 14.5. The first-order valence-electron chi connectivity index (χ1n) is 8.56. The fraction of sp³-hybridized carbons (Fsp3) is 0.350. The summed E-state index contributed by atoms with van der Waals surface area (Å²) in [6.45, 7) is 6.81. The van der Waals surface area contributed by atoms with Gasteiger partial charge in [0.2, 0.25) is 0 Å². The van der Waals surface area contributed by atoms with E-state index in [1.165, 1.54) is 0 Å². The second-order valence-corrected chi connectivity index (χ2v) is 6.06. The Kier molecular flexibility index (Phi) is 4.74. The van der Waals surface area contributed by atoms with Crippen molar-refractivity contribution in [2.45, 2.75) is 39.4 Å². The number of fused-ring (bicyclic) bond motifs is 1.